The Hall–Kier alpha value is -2.30. The first-order valence-electron chi connectivity index (χ1n) is 5.14. The van der Waals surface area contributed by atoms with Gasteiger partial charge in [0.25, 0.3) is 5.56 Å². The summed E-state index contributed by atoms with van der Waals surface area (Å²) >= 11 is 0. The van der Waals surface area contributed by atoms with Crippen LogP contribution in [0.2, 0.25) is 0 Å². The summed E-state index contributed by atoms with van der Waals surface area (Å²) in [5, 5.41) is 2.82. The van der Waals surface area contributed by atoms with E-state index in [1.54, 1.807) is 12.1 Å². The lowest BCUT2D eigenvalue weighted by molar-refractivity contribution is -0.139. The molecule has 0 amide bonds. The molecular weight excluding hydrogens is 220 g/mol. The van der Waals surface area contributed by atoms with Crippen molar-refractivity contribution in [1.29, 1.82) is 0 Å². The highest BCUT2D eigenvalue weighted by atomic mass is 16.5. The molecule has 1 N–H and O–H groups in total. The quantitative estimate of drug-likeness (QED) is 0.799. The second-order valence-corrected chi connectivity index (χ2v) is 3.53. The normalized spacial score (nSPS) is 10.2. The first-order valence-corrected chi connectivity index (χ1v) is 5.14. The van der Waals surface area contributed by atoms with E-state index in [-0.39, 0.29) is 12.0 Å². The van der Waals surface area contributed by atoms with Crippen LogP contribution in [0.4, 0.5) is 0 Å². The van der Waals surface area contributed by atoms with Gasteiger partial charge in [-0.1, -0.05) is 18.2 Å². The lowest BCUT2D eigenvalue weighted by atomic mass is 10.2. The highest BCUT2D eigenvalue weighted by molar-refractivity contribution is 5.72. The highest BCUT2D eigenvalue weighted by Crippen LogP contribution is 2.03. The Morgan fingerprint density at radius 3 is 2.71 bits per heavy atom. The predicted octanol–water partition coefficient (Wildman–Crippen LogP) is 0.881. The van der Waals surface area contributed by atoms with Crippen LogP contribution in [-0.2, 0) is 16.0 Å². The van der Waals surface area contributed by atoms with E-state index in [1.165, 1.54) is 18.0 Å². The van der Waals surface area contributed by atoms with Crippen molar-refractivity contribution in [3.05, 3.63) is 52.4 Å². The van der Waals surface area contributed by atoms with Crippen molar-refractivity contribution in [3.63, 3.8) is 0 Å². The molecule has 0 saturated carbocycles. The molecule has 5 nitrogen and oxygen atoms in total. The molecule has 0 saturated heterocycles. The van der Waals surface area contributed by atoms with Crippen LogP contribution in [0.25, 0.3) is 5.69 Å². The maximum atomic E-state index is 11.9. The minimum atomic E-state index is -0.429. The maximum absolute atomic E-state index is 11.9. The zero-order valence-electron chi connectivity index (χ0n) is 9.34. The molecule has 0 bridgehead atoms. The molecule has 1 aromatic heterocycles. The molecule has 1 aromatic carbocycles. The van der Waals surface area contributed by atoms with Crippen LogP contribution in [0, 0.1) is 0 Å². The maximum Gasteiger partial charge on any atom is 0.310 e. The number of nitrogens with one attached hydrogen (secondary N) is 1. The molecule has 0 aliphatic heterocycles. The highest BCUT2D eigenvalue weighted by Gasteiger charge is 2.11. The summed E-state index contributed by atoms with van der Waals surface area (Å²) in [6.45, 7) is 0. The van der Waals surface area contributed by atoms with Gasteiger partial charge in [0.1, 0.15) is 0 Å². The van der Waals surface area contributed by atoms with E-state index < -0.39 is 5.97 Å². The van der Waals surface area contributed by atoms with E-state index in [0.29, 0.717) is 5.56 Å². The number of aromatic amines is 1. The van der Waals surface area contributed by atoms with Crippen molar-refractivity contribution in [2.75, 3.05) is 7.11 Å². The first kappa shape index (κ1) is 11.2. The minimum absolute atomic E-state index is 0.0222. The molecule has 2 rings (SSSR count). The number of hydrogen-bond acceptors (Lipinski definition) is 3. The molecule has 88 valence electrons. The fourth-order valence-corrected chi connectivity index (χ4v) is 1.53. The van der Waals surface area contributed by atoms with Gasteiger partial charge in [0.2, 0.25) is 0 Å². The number of esters is 1. The number of H-pyrrole nitrogens is 1. The van der Waals surface area contributed by atoms with E-state index in [2.05, 4.69) is 9.84 Å². The summed E-state index contributed by atoms with van der Waals surface area (Å²) < 4.78 is 5.91. The van der Waals surface area contributed by atoms with E-state index in [0.717, 1.165) is 5.69 Å². The number of aromatic nitrogens is 2. The van der Waals surface area contributed by atoms with Crippen LogP contribution in [0.15, 0.2) is 41.3 Å². The molecular formula is C12H12N2O3. The zero-order valence-corrected chi connectivity index (χ0v) is 9.34. The summed E-state index contributed by atoms with van der Waals surface area (Å²) in [6, 6.07) is 9.15. The fourth-order valence-electron chi connectivity index (χ4n) is 1.53. The minimum Gasteiger partial charge on any atom is -0.469 e. The van der Waals surface area contributed by atoms with E-state index >= 15 is 0 Å². The van der Waals surface area contributed by atoms with Crippen LogP contribution >= 0.6 is 0 Å². The summed E-state index contributed by atoms with van der Waals surface area (Å²) in [7, 11) is 1.30. The van der Waals surface area contributed by atoms with Crippen LogP contribution in [0.3, 0.4) is 0 Å². The second kappa shape index (κ2) is 4.69. The molecule has 0 spiro atoms. The Bertz CT molecular complexity index is 569. The van der Waals surface area contributed by atoms with Gasteiger partial charge in [0, 0.05) is 11.8 Å². The van der Waals surface area contributed by atoms with Crippen molar-refractivity contribution in [1.82, 2.24) is 9.78 Å². The van der Waals surface area contributed by atoms with Crippen LogP contribution in [-0.4, -0.2) is 22.9 Å². The number of ether oxygens (including phenoxy) is 1. The Morgan fingerprint density at radius 1 is 1.35 bits per heavy atom. The molecule has 1 heterocycles. The molecule has 2 aromatic rings. The Kier molecular flexibility index (Phi) is 3.09. The Balaban J connectivity index is 2.34. The van der Waals surface area contributed by atoms with Gasteiger partial charge in [-0.3, -0.25) is 14.7 Å². The number of methoxy groups -OCH3 is 1. The van der Waals surface area contributed by atoms with E-state index in [4.69, 9.17) is 0 Å². The van der Waals surface area contributed by atoms with E-state index in [9.17, 15) is 9.59 Å². The fraction of sp³-hybridized carbons (Fsp3) is 0.167. The molecule has 0 aliphatic carbocycles. The number of carbonyl (C=O) groups excluding carboxylic acids is 1. The summed E-state index contributed by atoms with van der Waals surface area (Å²) in [5.41, 5.74) is 0.885. The monoisotopic (exact) mass is 232 g/mol. The SMILES string of the molecule is COC(=O)Cc1c[nH]n(-c2ccccc2)c1=O. The van der Waals surface area contributed by atoms with Crippen molar-refractivity contribution in [3.8, 4) is 5.69 Å². The van der Waals surface area contributed by atoms with Crippen molar-refractivity contribution in [2.45, 2.75) is 6.42 Å². The largest absolute Gasteiger partial charge is 0.469 e. The molecule has 0 fully saturated rings. The molecule has 0 radical (unpaired) electrons. The summed E-state index contributed by atoms with van der Waals surface area (Å²) in [6.07, 6.45) is 1.50. The van der Waals surface area contributed by atoms with Gasteiger partial charge in [-0.25, -0.2) is 4.68 Å². The van der Waals surface area contributed by atoms with Crippen molar-refractivity contribution >= 4 is 5.97 Å². The molecule has 0 unspecified atom stereocenters. The molecule has 5 heteroatoms. The third-order valence-electron chi connectivity index (χ3n) is 2.42. The van der Waals surface area contributed by atoms with E-state index in [1.807, 2.05) is 18.2 Å². The topological polar surface area (TPSA) is 64.1 Å². The smallest absolute Gasteiger partial charge is 0.310 e. The predicted molar refractivity (Wildman–Crippen MR) is 62.1 cm³/mol. The number of benzene rings is 1. The number of rotatable bonds is 3. The molecule has 17 heavy (non-hydrogen) atoms. The number of carbonyl (C=O) groups is 1. The lowest BCUT2D eigenvalue weighted by Crippen LogP contribution is -2.19. The zero-order chi connectivity index (χ0) is 12.3. The summed E-state index contributed by atoms with van der Waals surface area (Å²) in [4.78, 5) is 23.0. The van der Waals surface area contributed by atoms with Crippen LogP contribution in [0.1, 0.15) is 5.56 Å². The standard InChI is InChI=1S/C12H12N2O3/c1-17-11(15)7-9-8-13-14(12(9)16)10-5-3-2-4-6-10/h2-6,8,13H,7H2,1H3. The van der Waals surface area contributed by atoms with Gasteiger partial charge >= 0.3 is 5.97 Å². The van der Waals surface area contributed by atoms with Gasteiger partial charge in [-0.15, -0.1) is 0 Å². The lowest BCUT2D eigenvalue weighted by Gasteiger charge is -1.99. The van der Waals surface area contributed by atoms with Crippen LogP contribution < -0.4 is 5.56 Å². The second-order valence-electron chi connectivity index (χ2n) is 3.53. The average Bonchev–Trinajstić information content (AvgIpc) is 2.72. The van der Waals surface area contributed by atoms with Crippen molar-refractivity contribution < 1.29 is 9.53 Å². The van der Waals surface area contributed by atoms with Gasteiger partial charge in [-0.2, -0.15) is 0 Å². The molecule has 0 aliphatic rings. The summed E-state index contributed by atoms with van der Waals surface area (Å²) in [5.74, 6) is -0.429. The molecule has 0 atom stereocenters. The van der Waals surface area contributed by atoms with Crippen molar-refractivity contribution in [2.24, 2.45) is 0 Å². The number of para-hydroxylation sites is 1. The average molecular weight is 232 g/mol. The first-order chi connectivity index (χ1) is 8.22. The number of nitrogens with zero attached hydrogens (tertiary/aromatic N) is 1. The third-order valence-corrected chi connectivity index (χ3v) is 2.42. The van der Waals surface area contributed by atoms with Gasteiger partial charge in [0.05, 0.1) is 19.2 Å². The Morgan fingerprint density at radius 2 is 2.06 bits per heavy atom. The Labute approximate surface area is 97.6 Å². The van der Waals surface area contributed by atoms with Gasteiger partial charge in [-0.05, 0) is 12.1 Å². The van der Waals surface area contributed by atoms with Gasteiger partial charge < -0.3 is 4.74 Å². The number of hydrogen-bond donors (Lipinski definition) is 1. The van der Waals surface area contributed by atoms with Crippen LogP contribution in [0.5, 0.6) is 0 Å². The van der Waals surface area contributed by atoms with Gasteiger partial charge in [0.15, 0.2) is 0 Å². The third kappa shape index (κ3) is 2.28.